The number of fused-ring (bicyclic) bond motifs is 1. The molecule has 0 amide bonds. The van der Waals surface area contributed by atoms with Crippen LogP contribution < -0.4 is 4.74 Å². The van der Waals surface area contributed by atoms with E-state index in [1.165, 1.54) is 6.08 Å². The fraction of sp³-hybridized carbons (Fsp3) is 0.158. The molecule has 0 spiro atoms. The Balaban J connectivity index is 1.89. The number of ketones is 1. The summed E-state index contributed by atoms with van der Waals surface area (Å²) in [7, 11) is 0. The molecule has 116 valence electrons. The minimum atomic E-state index is -1.01. The quantitative estimate of drug-likeness (QED) is 0.859. The maximum Gasteiger partial charge on any atom is 0.328 e. The molecule has 0 unspecified atom stereocenters. The van der Waals surface area contributed by atoms with Crippen LogP contribution in [0.4, 0.5) is 0 Å². The Labute approximate surface area is 134 Å². The van der Waals surface area contributed by atoms with Gasteiger partial charge >= 0.3 is 5.97 Å². The smallest absolute Gasteiger partial charge is 0.328 e. The zero-order valence-corrected chi connectivity index (χ0v) is 12.5. The van der Waals surface area contributed by atoms with Crippen molar-refractivity contribution in [1.82, 2.24) is 0 Å². The summed E-state index contributed by atoms with van der Waals surface area (Å²) in [4.78, 5) is 22.9. The lowest BCUT2D eigenvalue weighted by molar-refractivity contribution is -0.131. The highest BCUT2D eigenvalue weighted by Crippen LogP contribution is 2.34. The molecule has 4 nitrogen and oxygen atoms in total. The molecular formula is C19H16O4. The van der Waals surface area contributed by atoms with Crippen molar-refractivity contribution < 1.29 is 19.4 Å². The van der Waals surface area contributed by atoms with Crippen LogP contribution in [0.5, 0.6) is 5.75 Å². The van der Waals surface area contributed by atoms with Gasteiger partial charge in [0.2, 0.25) is 0 Å². The van der Waals surface area contributed by atoms with Gasteiger partial charge in [0.25, 0.3) is 0 Å². The number of carboxylic acid groups (broad SMARTS) is 1. The van der Waals surface area contributed by atoms with Crippen LogP contribution in [0.25, 0.3) is 6.08 Å². The molecule has 0 fully saturated rings. The number of rotatable bonds is 5. The second-order valence-electron chi connectivity index (χ2n) is 5.38. The van der Waals surface area contributed by atoms with Crippen molar-refractivity contribution >= 4 is 17.8 Å². The first-order valence-corrected chi connectivity index (χ1v) is 7.42. The molecule has 0 heterocycles. The van der Waals surface area contributed by atoms with Gasteiger partial charge in [-0.3, -0.25) is 4.79 Å². The largest absolute Gasteiger partial charge is 0.488 e. The molecule has 0 saturated carbocycles. The number of aliphatic carboxylic acids is 1. The Morgan fingerprint density at radius 3 is 2.65 bits per heavy atom. The van der Waals surface area contributed by atoms with E-state index in [0.29, 0.717) is 30.8 Å². The SMILES string of the molecule is O=C(O)C=Cc1ccc(OCc2ccccc2)c2c1CCC2=O. The van der Waals surface area contributed by atoms with Crippen molar-refractivity contribution in [1.29, 1.82) is 0 Å². The minimum absolute atomic E-state index is 0.0497. The predicted molar refractivity (Wildman–Crippen MR) is 86.5 cm³/mol. The maximum absolute atomic E-state index is 12.2. The van der Waals surface area contributed by atoms with E-state index >= 15 is 0 Å². The summed E-state index contributed by atoms with van der Waals surface area (Å²) in [5, 5.41) is 8.76. The number of carbonyl (C=O) groups is 2. The van der Waals surface area contributed by atoms with Crippen molar-refractivity contribution in [2.24, 2.45) is 0 Å². The molecule has 2 aromatic rings. The van der Waals surface area contributed by atoms with E-state index in [4.69, 9.17) is 9.84 Å². The topological polar surface area (TPSA) is 63.6 Å². The van der Waals surface area contributed by atoms with E-state index in [1.807, 2.05) is 30.3 Å². The molecule has 0 bridgehead atoms. The van der Waals surface area contributed by atoms with E-state index in [0.717, 1.165) is 22.8 Å². The molecule has 1 aliphatic carbocycles. The van der Waals surface area contributed by atoms with E-state index in [2.05, 4.69) is 0 Å². The molecule has 0 atom stereocenters. The molecule has 0 radical (unpaired) electrons. The van der Waals surface area contributed by atoms with Gasteiger partial charge in [-0.25, -0.2) is 4.79 Å². The van der Waals surface area contributed by atoms with Gasteiger partial charge in [-0.2, -0.15) is 0 Å². The highest BCUT2D eigenvalue weighted by molar-refractivity contribution is 6.04. The van der Waals surface area contributed by atoms with Crippen LogP contribution >= 0.6 is 0 Å². The number of hydrogen-bond donors (Lipinski definition) is 1. The first-order valence-electron chi connectivity index (χ1n) is 7.42. The Bertz CT molecular complexity index is 775. The third-order valence-electron chi connectivity index (χ3n) is 3.83. The third-order valence-corrected chi connectivity index (χ3v) is 3.83. The normalized spacial score (nSPS) is 13.3. The molecule has 0 aromatic heterocycles. The van der Waals surface area contributed by atoms with Gasteiger partial charge in [0, 0.05) is 12.5 Å². The molecule has 0 aliphatic heterocycles. The summed E-state index contributed by atoms with van der Waals surface area (Å²) < 4.78 is 5.82. The first-order chi connectivity index (χ1) is 11.1. The van der Waals surface area contributed by atoms with Crippen LogP contribution in [0.2, 0.25) is 0 Å². The van der Waals surface area contributed by atoms with Crippen LogP contribution in [-0.2, 0) is 17.8 Å². The molecule has 2 aromatic carbocycles. The van der Waals surface area contributed by atoms with Crippen molar-refractivity contribution in [2.45, 2.75) is 19.4 Å². The molecule has 1 aliphatic rings. The van der Waals surface area contributed by atoms with Crippen molar-refractivity contribution in [3.8, 4) is 5.75 Å². The van der Waals surface area contributed by atoms with Crippen LogP contribution in [0.3, 0.4) is 0 Å². The zero-order chi connectivity index (χ0) is 16.2. The van der Waals surface area contributed by atoms with Crippen LogP contribution in [0, 0.1) is 0 Å². The molecule has 0 saturated heterocycles. The summed E-state index contributed by atoms with van der Waals surface area (Å²) in [5.41, 5.74) is 3.26. The average Bonchev–Trinajstić information content (AvgIpc) is 2.95. The highest BCUT2D eigenvalue weighted by atomic mass is 16.5. The maximum atomic E-state index is 12.2. The van der Waals surface area contributed by atoms with E-state index in [9.17, 15) is 9.59 Å². The van der Waals surface area contributed by atoms with Gasteiger partial charge in [0.1, 0.15) is 12.4 Å². The highest BCUT2D eigenvalue weighted by Gasteiger charge is 2.26. The van der Waals surface area contributed by atoms with Crippen LogP contribution in [-0.4, -0.2) is 16.9 Å². The summed E-state index contributed by atoms with van der Waals surface area (Å²) in [6.07, 6.45) is 3.68. The minimum Gasteiger partial charge on any atom is -0.488 e. The summed E-state index contributed by atoms with van der Waals surface area (Å²) in [6, 6.07) is 13.3. The monoisotopic (exact) mass is 308 g/mol. The lowest BCUT2D eigenvalue weighted by Gasteiger charge is -2.12. The van der Waals surface area contributed by atoms with Gasteiger partial charge < -0.3 is 9.84 Å². The zero-order valence-electron chi connectivity index (χ0n) is 12.5. The van der Waals surface area contributed by atoms with Gasteiger partial charge in [-0.15, -0.1) is 0 Å². The van der Waals surface area contributed by atoms with E-state index in [1.54, 1.807) is 12.1 Å². The summed E-state index contributed by atoms with van der Waals surface area (Å²) >= 11 is 0. The Morgan fingerprint density at radius 2 is 1.91 bits per heavy atom. The molecule has 1 N–H and O–H groups in total. The fourth-order valence-corrected chi connectivity index (χ4v) is 2.75. The Kier molecular flexibility index (Phi) is 4.24. The lowest BCUT2D eigenvalue weighted by Crippen LogP contribution is -2.02. The number of benzene rings is 2. The van der Waals surface area contributed by atoms with Crippen LogP contribution in [0.15, 0.2) is 48.5 Å². The van der Waals surface area contributed by atoms with E-state index in [-0.39, 0.29) is 5.78 Å². The summed E-state index contributed by atoms with van der Waals surface area (Å²) in [5.74, 6) is -0.389. The first kappa shape index (κ1) is 15.0. The molecule has 4 heteroatoms. The van der Waals surface area contributed by atoms with E-state index < -0.39 is 5.97 Å². The van der Waals surface area contributed by atoms with Gasteiger partial charge in [-0.1, -0.05) is 36.4 Å². The predicted octanol–water partition coefficient (Wildman–Crippen LogP) is 3.49. The number of Topliss-reactive ketones (excluding diaryl/α,β-unsaturated/α-hetero) is 1. The van der Waals surface area contributed by atoms with Crippen molar-refractivity contribution in [3.63, 3.8) is 0 Å². The number of carbonyl (C=O) groups excluding carboxylic acids is 1. The van der Waals surface area contributed by atoms with Crippen LogP contribution in [0.1, 0.15) is 33.5 Å². The number of hydrogen-bond acceptors (Lipinski definition) is 3. The van der Waals surface area contributed by atoms with Crippen molar-refractivity contribution in [2.75, 3.05) is 0 Å². The lowest BCUT2D eigenvalue weighted by atomic mass is 10.0. The molecular weight excluding hydrogens is 292 g/mol. The number of carboxylic acids is 1. The second kappa shape index (κ2) is 6.48. The third kappa shape index (κ3) is 3.31. The fourth-order valence-electron chi connectivity index (χ4n) is 2.75. The Morgan fingerprint density at radius 1 is 1.13 bits per heavy atom. The average molecular weight is 308 g/mol. The molecule has 3 rings (SSSR count). The summed E-state index contributed by atoms with van der Waals surface area (Å²) in [6.45, 7) is 0.394. The van der Waals surface area contributed by atoms with Gasteiger partial charge in [0.15, 0.2) is 5.78 Å². The van der Waals surface area contributed by atoms with Gasteiger partial charge in [0.05, 0.1) is 5.56 Å². The van der Waals surface area contributed by atoms with Gasteiger partial charge in [-0.05, 0) is 35.3 Å². The van der Waals surface area contributed by atoms with Crippen molar-refractivity contribution in [3.05, 3.63) is 70.8 Å². The number of ether oxygens (including phenoxy) is 1. The molecule has 23 heavy (non-hydrogen) atoms. The Hall–Kier alpha value is -2.88. The standard InChI is InChI=1S/C19H16O4/c20-16-9-8-15-14(7-11-18(21)22)6-10-17(19(15)16)23-12-13-4-2-1-3-5-13/h1-7,10-11H,8-9,12H2,(H,21,22). The second-order valence-corrected chi connectivity index (χ2v) is 5.38.